The first-order chi connectivity index (χ1) is 33.7. The number of ether oxygens (including phenoxy) is 6. The van der Waals surface area contributed by atoms with Gasteiger partial charge < -0.3 is 64.8 Å². The molecule has 21 heteroatoms. The van der Waals surface area contributed by atoms with Gasteiger partial charge >= 0.3 is 12.2 Å². The molecule has 7 rings (SSSR count). The number of hydrogen-bond acceptors (Lipinski definition) is 15. The molecule has 6 amide bonds. The number of anilines is 3. The van der Waals surface area contributed by atoms with Crippen molar-refractivity contribution in [1.29, 1.82) is 0 Å². The average molecular weight is 988 g/mol. The van der Waals surface area contributed by atoms with Gasteiger partial charge in [-0.1, -0.05) is 26.0 Å². The van der Waals surface area contributed by atoms with E-state index >= 15 is 0 Å². The van der Waals surface area contributed by atoms with E-state index in [1.165, 1.54) is 43.4 Å². The molecule has 3 aromatic carbocycles. The predicted molar refractivity (Wildman–Crippen MR) is 259 cm³/mol. The quantitative estimate of drug-likeness (QED) is 0.129. The lowest BCUT2D eigenvalue weighted by Gasteiger charge is -2.33. The molecule has 0 spiro atoms. The van der Waals surface area contributed by atoms with Gasteiger partial charge in [0.15, 0.2) is 35.5 Å². The number of carbonyl (C=O) groups is 6. The van der Waals surface area contributed by atoms with Crippen molar-refractivity contribution in [3.63, 3.8) is 0 Å². The molecule has 4 aliphatic heterocycles. The number of benzene rings is 3. The van der Waals surface area contributed by atoms with Gasteiger partial charge in [0.2, 0.25) is 11.8 Å². The molecule has 0 unspecified atom stereocenters. The van der Waals surface area contributed by atoms with Crippen LogP contribution in [0.3, 0.4) is 0 Å². The standard InChI is InChI=1S/C50H65N7O14/c1-27(2)41(51)43(59)52-28(3)42(58)53-30-16-14-29(15-17-30)26-70-48(64)56-35-24-39(37(66-7)22-31(35)44(60)54-18-9-12-33(54)46(56)62)68-20-11-21-69-40-25-36-32(23-38(40)67-8)45(61)55-19-10-13-34(55)47(63)57(36)49(65)71-50(4,5)6/h14-17,22-25,27-28,33-34,41,46-47,62-63H,9-13,18-21,26,51H2,1-8H3,(H,52,59)(H,53,58)/t28-,33-,34-,41-,46-,47-/m0/s1. The fraction of sp³-hybridized carbons (Fsp3) is 0.520. The Labute approximate surface area is 412 Å². The van der Waals surface area contributed by atoms with Gasteiger partial charge in [0.1, 0.15) is 18.2 Å². The molecule has 384 valence electrons. The first-order valence-electron chi connectivity index (χ1n) is 23.8. The second-order valence-corrected chi connectivity index (χ2v) is 19.3. The van der Waals surface area contributed by atoms with E-state index in [9.17, 15) is 39.0 Å². The number of nitrogens with two attached hydrogens (primary N) is 1. The predicted octanol–water partition coefficient (Wildman–Crippen LogP) is 4.74. The molecule has 0 saturated carbocycles. The Morgan fingerprint density at radius 3 is 1.69 bits per heavy atom. The van der Waals surface area contributed by atoms with Crippen molar-refractivity contribution < 1.29 is 67.4 Å². The summed E-state index contributed by atoms with van der Waals surface area (Å²) in [6, 6.07) is 9.42. The summed E-state index contributed by atoms with van der Waals surface area (Å²) in [6.07, 6.45) is -2.14. The summed E-state index contributed by atoms with van der Waals surface area (Å²) in [4.78, 5) is 86.0. The van der Waals surface area contributed by atoms with Crippen molar-refractivity contribution in [2.24, 2.45) is 11.7 Å². The molecule has 71 heavy (non-hydrogen) atoms. The molecule has 2 fully saturated rings. The van der Waals surface area contributed by atoms with E-state index < -0.39 is 72.1 Å². The number of hydrogen-bond donors (Lipinski definition) is 5. The minimum atomic E-state index is -1.48. The van der Waals surface area contributed by atoms with Crippen LogP contribution in [0.4, 0.5) is 26.7 Å². The zero-order valence-electron chi connectivity index (χ0n) is 41.4. The van der Waals surface area contributed by atoms with Gasteiger partial charge in [-0.25, -0.2) is 19.4 Å². The number of methoxy groups -OCH3 is 2. The maximum absolute atomic E-state index is 14.1. The Bertz CT molecular complexity index is 2500. The maximum Gasteiger partial charge on any atom is 0.417 e. The highest BCUT2D eigenvalue weighted by Crippen LogP contribution is 2.43. The van der Waals surface area contributed by atoms with Gasteiger partial charge in [-0.2, -0.15) is 0 Å². The Morgan fingerprint density at radius 1 is 0.732 bits per heavy atom. The zero-order chi connectivity index (χ0) is 51.5. The summed E-state index contributed by atoms with van der Waals surface area (Å²) < 4.78 is 35.1. The summed E-state index contributed by atoms with van der Waals surface area (Å²) in [6.45, 7) is 10.9. The third kappa shape index (κ3) is 11.2. The second kappa shape index (κ2) is 21.7. The van der Waals surface area contributed by atoms with E-state index in [4.69, 9.17) is 34.2 Å². The molecule has 21 nitrogen and oxygen atoms in total. The number of fused-ring (bicyclic) bond motifs is 4. The molecule has 0 aromatic heterocycles. The first kappa shape index (κ1) is 52.0. The van der Waals surface area contributed by atoms with E-state index in [0.717, 1.165) is 9.80 Å². The SMILES string of the molecule is COc1cc2c(cc1OCCCOc1cc3c(cc1OC)C(=O)N1CCC[C@H]1[C@H](O)N3C(=O)OC(C)(C)C)N(C(=O)OCc1ccc(NC(=O)[C@H](C)NC(=O)[C@@H](N)C(C)C)cc1)[C@@H](O)[C@@H]1CCCN1C2=O. The average Bonchev–Trinajstić information content (AvgIpc) is 4.01. The number of rotatable bonds is 15. The van der Waals surface area contributed by atoms with Gasteiger partial charge in [0.05, 0.1) is 68.1 Å². The molecule has 6 N–H and O–H groups in total. The fourth-order valence-corrected chi connectivity index (χ4v) is 9.01. The molecule has 0 aliphatic carbocycles. The van der Waals surface area contributed by atoms with Crippen molar-refractivity contribution in [3.05, 3.63) is 65.2 Å². The summed E-state index contributed by atoms with van der Waals surface area (Å²) in [7, 11) is 2.83. The molecule has 4 heterocycles. The van der Waals surface area contributed by atoms with Crippen LogP contribution in [-0.2, 0) is 25.7 Å². The van der Waals surface area contributed by atoms with Gasteiger partial charge in [0, 0.05) is 37.3 Å². The number of nitrogens with one attached hydrogen (secondary N) is 2. The molecule has 0 bridgehead atoms. The summed E-state index contributed by atoms with van der Waals surface area (Å²) >= 11 is 0. The molecular weight excluding hydrogens is 923 g/mol. The number of aliphatic hydroxyl groups excluding tert-OH is 2. The third-order valence-corrected chi connectivity index (χ3v) is 12.8. The number of aliphatic hydroxyl groups is 2. The van der Waals surface area contributed by atoms with Crippen molar-refractivity contribution in [2.75, 3.05) is 55.6 Å². The van der Waals surface area contributed by atoms with E-state index in [1.54, 1.807) is 56.9 Å². The highest BCUT2D eigenvalue weighted by molar-refractivity contribution is 6.07. The smallest absolute Gasteiger partial charge is 0.417 e. The lowest BCUT2D eigenvalue weighted by Crippen LogP contribution is -2.51. The number of carbonyl (C=O) groups excluding carboxylic acids is 6. The highest BCUT2D eigenvalue weighted by Gasteiger charge is 2.47. The van der Waals surface area contributed by atoms with E-state index in [2.05, 4.69) is 10.6 Å². The Kier molecular flexibility index (Phi) is 15.9. The van der Waals surface area contributed by atoms with Gasteiger partial charge in [0.25, 0.3) is 11.8 Å². The minimum absolute atomic E-state index is 0.0340. The summed E-state index contributed by atoms with van der Waals surface area (Å²) in [5.74, 6) is -1.00. The van der Waals surface area contributed by atoms with Crippen LogP contribution in [-0.4, -0.2) is 139 Å². The lowest BCUT2D eigenvalue weighted by molar-refractivity contribution is -0.127. The first-order valence-corrected chi connectivity index (χ1v) is 23.8. The van der Waals surface area contributed by atoms with Crippen LogP contribution in [0.2, 0.25) is 0 Å². The summed E-state index contributed by atoms with van der Waals surface area (Å²) in [5, 5.41) is 28.7. The Morgan fingerprint density at radius 2 is 1.23 bits per heavy atom. The van der Waals surface area contributed by atoms with Crippen LogP contribution in [0.25, 0.3) is 0 Å². The minimum Gasteiger partial charge on any atom is -0.493 e. The van der Waals surface area contributed by atoms with Crippen LogP contribution < -0.4 is 45.1 Å². The van der Waals surface area contributed by atoms with Crippen LogP contribution in [0.5, 0.6) is 23.0 Å². The van der Waals surface area contributed by atoms with Gasteiger partial charge in [-0.15, -0.1) is 0 Å². The van der Waals surface area contributed by atoms with Crippen LogP contribution in [0.1, 0.15) is 99.9 Å². The van der Waals surface area contributed by atoms with Crippen LogP contribution >= 0.6 is 0 Å². The number of amides is 6. The zero-order valence-corrected chi connectivity index (χ0v) is 41.4. The largest absolute Gasteiger partial charge is 0.493 e. The Hall–Kier alpha value is -6.84. The number of nitrogens with zero attached hydrogens (tertiary/aromatic N) is 4. The lowest BCUT2D eigenvalue weighted by atomic mass is 10.0. The molecule has 3 aromatic rings. The van der Waals surface area contributed by atoms with E-state index in [0.29, 0.717) is 50.0 Å². The van der Waals surface area contributed by atoms with Crippen molar-refractivity contribution in [3.8, 4) is 23.0 Å². The van der Waals surface area contributed by atoms with Gasteiger partial charge in [-0.05, 0) is 89.1 Å². The maximum atomic E-state index is 14.1. The van der Waals surface area contributed by atoms with E-state index in [1.807, 2.05) is 13.8 Å². The van der Waals surface area contributed by atoms with Crippen molar-refractivity contribution in [1.82, 2.24) is 15.1 Å². The van der Waals surface area contributed by atoms with Gasteiger partial charge in [-0.3, -0.25) is 19.2 Å². The fourth-order valence-electron chi connectivity index (χ4n) is 9.01. The van der Waals surface area contributed by atoms with E-state index in [-0.39, 0.29) is 83.6 Å². The highest BCUT2D eigenvalue weighted by atomic mass is 16.6. The second-order valence-electron chi connectivity index (χ2n) is 19.3. The third-order valence-electron chi connectivity index (χ3n) is 12.8. The topological polar surface area (TPSA) is 261 Å². The molecular formula is C50H65N7O14. The van der Waals surface area contributed by atoms with Crippen LogP contribution in [0, 0.1) is 5.92 Å². The van der Waals surface area contributed by atoms with Crippen molar-refractivity contribution in [2.45, 2.75) is 122 Å². The molecule has 6 atom stereocenters. The molecule has 4 aliphatic rings. The molecule has 0 radical (unpaired) electrons. The monoisotopic (exact) mass is 987 g/mol. The summed E-state index contributed by atoms with van der Waals surface area (Å²) in [5.41, 5.74) is 6.39. The Balaban J connectivity index is 1.04. The van der Waals surface area contributed by atoms with Crippen molar-refractivity contribution >= 4 is 52.9 Å². The normalized spacial score (nSPS) is 20.4. The van der Waals surface area contributed by atoms with Crippen LogP contribution in [0.15, 0.2) is 48.5 Å². The molecule has 2 saturated heterocycles.